The third-order valence-corrected chi connectivity index (χ3v) is 6.69. The van der Waals surface area contributed by atoms with Crippen LogP contribution in [0.15, 0.2) is 66.7 Å². The highest BCUT2D eigenvalue weighted by atomic mass is 35.5. The van der Waals surface area contributed by atoms with E-state index in [0.29, 0.717) is 23.6 Å². The number of rotatable bonds is 13. The predicted molar refractivity (Wildman–Crippen MR) is 171 cm³/mol. The minimum atomic E-state index is -3.65. The number of nitrogens with one attached hydrogen (secondary N) is 2. The highest BCUT2D eigenvalue weighted by Gasteiger charge is 2.20. The number of aliphatic hydroxyl groups excluding tert-OH is 1. The van der Waals surface area contributed by atoms with Crippen molar-refractivity contribution in [1.29, 1.82) is 0 Å². The average Bonchev–Trinajstić information content (AvgIpc) is 2.92. The molecule has 0 amide bonds. The number of sulfonamides is 1. The van der Waals surface area contributed by atoms with Crippen LogP contribution in [0.1, 0.15) is 56.3 Å². The summed E-state index contributed by atoms with van der Waals surface area (Å²) in [5, 5.41) is 23.6. The van der Waals surface area contributed by atoms with E-state index in [1.54, 1.807) is 82.3 Å². The number of carbonyl (C=O) groups excluding carboxylic acids is 2. The quantitative estimate of drug-likeness (QED) is 0.103. The third-order valence-electron chi connectivity index (χ3n) is 6.10. The maximum atomic E-state index is 11.9. The van der Waals surface area contributed by atoms with Gasteiger partial charge in [-0.15, -0.1) is 12.4 Å². The third kappa shape index (κ3) is 12.1. The molecule has 246 valence electrons. The first-order valence-electron chi connectivity index (χ1n) is 13.9. The summed E-state index contributed by atoms with van der Waals surface area (Å²) in [6.45, 7) is 6.83. The largest absolute Gasteiger partial charge is 0.514 e. The fourth-order valence-corrected chi connectivity index (χ4v) is 4.75. The Hall–Kier alpha value is -4.04. The van der Waals surface area contributed by atoms with Crippen molar-refractivity contribution in [3.63, 3.8) is 0 Å². The topological polar surface area (TPSA) is 170 Å². The Kier molecular flexibility index (Phi) is 13.9. The number of hydrogen-bond donors (Lipinski definition) is 4. The number of phenolic OH excluding ortho intramolecular Hbond substituents is 1. The van der Waals surface area contributed by atoms with Crippen LogP contribution in [-0.2, 0) is 19.5 Å². The Bertz CT molecular complexity index is 1450. The Morgan fingerprint density at radius 3 is 1.62 bits per heavy atom. The van der Waals surface area contributed by atoms with Crippen molar-refractivity contribution in [1.82, 2.24) is 5.32 Å². The van der Waals surface area contributed by atoms with Gasteiger partial charge in [0.15, 0.2) is 0 Å². The van der Waals surface area contributed by atoms with E-state index in [1.165, 1.54) is 12.1 Å². The number of anilines is 1. The number of carbonyl (C=O) groups is 2. The number of aliphatic hydroxyl groups is 1. The highest BCUT2D eigenvalue weighted by molar-refractivity contribution is 7.92. The zero-order chi connectivity index (χ0) is 32.4. The van der Waals surface area contributed by atoms with Gasteiger partial charge >= 0.3 is 12.3 Å². The number of aromatic hydroxyl groups is 1. The molecule has 0 aromatic heterocycles. The molecular formula is C31H39ClN2O10S. The van der Waals surface area contributed by atoms with E-state index in [9.17, 15) is 28.2 Å². The van der Waals surface area contributed by atoms with Crippen LogP contribution in [0.3, 0.4) is 0 Å². The van der Waals surface area contributed by atoms with E-state index in [4.69, 9.17) is 18.9 Å². The second-order valence-corrected chi connectivity index (χ2v) is 12.3. The Balaban J connectivity index is 0.00000705. The van der Waals surface area contributed by atoms with Gasteiger partial charge in [-0.25, -0.2) is 18.0 Å². The summed E-state index contributed by atoms with van der Waals surface area (Å²) in [7, 11) is -3.65. The first-order chi connectivity index (χ1) is 20.7. The van der Waals surface area contributed by atoms with Crippen molar-refractivity contribution in [2.75, 3.05) is 24.1 Å². The van der Waals surface area contributed by atoms with Crippen LogP contribution < -0.4 is 19.5 Å². The molecule has 3 aromatic carbocycles. The van der Waals surface area contributed by atoms with E-state index in [1.807, 2.05) is 0 Å². The van der Waals surface area contributed by atoms with Crippen LogP contribution in [-0.4, -0.2) is 62.6 Å². The lowest BCUT2D eigenvalue weighted by molar-refractivity contribution is 0.0717. The van der Waals surface area contributed by atoms with E-state index < -0.39 is 28.4 Å². The molecule has 3 aromatic rings. The van der Waals surface area contributed by atoms with Crippen LogP contribution in [0.5, 0.6) is 17.2 Å². The van der Waals surface area contributed by atoms with Gasteiger partial charge in [0.25, 0.3) is 0 Å². The number of hydrogen-bond acceptors (Lipinski definition) is 11. The first kappa shape index (κ1) is 37.1. The zero-order valence-corrected chi connectivity index (χ0v) is 27.2. The average molecular weight is 667 g/mol. The second-order valence-electron chi connectivity index (χ2n) is 10.5. The molecule has 0 aliphatic rings. The molecule has 45 heavy (non-hydrogen) atoms. The minimum Gasteiger partial charge on any atom is -0.506 e. The number of benzene rings is 3. The molecule has 3 rings (SSSR count). The summed E-state index contributed by atoms with van der Waals surface area (Å²) in [5.41, 5.74) is 2.18. The van der Waals surface area contributed by atoms with Crippen LogP contribution in [0.25, 0.3) is 0 Å². The summed E-state index contributed by atoms with van der Waals surface area (Å²) in [4.78, 5) is 23.8. The maximum absolute atomic E-state index is 11.9. The minimum absolute atomic E-state index is 0. The van der Waals surface area contributed by atoms with Crippen LogP contribution in [0.4, 0.5) is 15.3 Å². The van der Waals surface area contributed by atoms with Crippen LogP contribution in [0.2, 0.25) is 0 Å². The monoisotopic (exact) mass is 666 g/mol. The predicted octanol–water partition coefficient (Wildman–Crippen LogP) is 5.49. The molecule has 0 fully saturated rings. The van der Waals surface area contributed by atoms with Crippen molar-refractivity contribution >= 4 is 40.4 Å². The second kappa shape index (κ2) is 16.9. The van der Waals surface area contributed by atoms with Crippen molar-refractivity contribution in [2.24, 2.45) is 0 Å². The van der Waals surface area contributed by atoms with E-state index in [-0.39, 0.29) is 48.6 Å². The van der Waals surface area contributed by atoms with Gasteiger partial charge in [0, 0.05) is 12.5 Å². The lowest BCUT2D eigenvalue weighted by Gasteiger charge is -2.24. The molecule has 12 nitrogen and oxygen atoms in total. The van der Waals surface area contributed by atoms with Crippen molar-refractivity contribution in [2.45, 2.75) is 51.9 Å². The molecule has 4 N–H and O–H groups in total. The van der Waals surface area contributed by atoms with E-state index >= 15 is 0 Å². The standard InChI is InChI=1S/C31H38N2O10S.ClH/c1-19(2)40-30(36)42-24-11-6-21(7-12-24)26(22-8-13-25(14-9-22)43-31(37)41-20(3)4)17-32-28(18-34)23-10-15-29(35)27(16-23)33-44(5,38)39;/h6-16,19-20,26,28,32-35H,17-18H2,1-5H3;1H. The number of halogens is 1. The molecule has 0 aliphatic heterocycles. The fourth-order valence-electron chi connectivity index (χ4n) is 4.19. The van der Waals surface area contributed by atoms with Crippen LogP contribution >= 0.6 is 12.4 Å². The Labute approximate surface area is 269 Å². The van der Waals surface area contributed by atoms with Crippen molar-refractivity contribution in [3.8, 4) is 17.2 Å². The first-order valence-corrected chi connectivity index (χ1v) is 15.7. The maximum Gasteiger partial charge on any atom is 0.514 e. The van der Waals surface area contributed by atoms with Gasteiger partial charge in [0.2, 0.25) is 10.0 Å². The van der Waals surface area contributed by atoms with Gasteiger partial charge in [-0.3, -0.25) is 4.72 Å². The summed E-state index contributed by atoms with van der Waals surface area (Å²) >= 11 is 0. The van der Waals surface area contributed by atoms with Crippen molar-refractivity contribution in [3.05, 3.63) is 83.4 Å². The molecule has 1 atom stereocenters. The Morgan fingerprint density at radius 2 is 1.22 bits per heavy atom. The molecule has 0 spiro atoms. The molecule has 0 heterocycles. The summed E-state index contributed by atoms with van der Waals surface area (Å²) in [5.74, 6) is 0.0273. The summed E-state index contributed by atoms with van der Waals surface area (Å²) < 4.78 is 46.3. The van der Waals surface area contributed by atoms with Crippen molar-refractivity contribution < 1.29 is 47.2 Å². The normalized spacial score (nSPS) is 11.9. The highest BCUT2D eigenvalue weighted by Crippen LogP contribution is 2.31. The van der Waals surface area contributed by atoms with E-state index in [0.717, 1.165) is 17.4 Å². The van der Waals surface area contributed by atoms with Gasteiger partial charge in [-0.1, -0.05) is 30.3 Å². The smallest absolute Gasteiger partial charge is 0.506 e. The fraction of sp³-hybridized carbons (Fsp3) is 0.355. The van der Waals surface area contributed by atoms with Gasteiger partial charge in [-0.05, 0) is 80.8 Å². The SMILES string of the molecule is CC(C)OC(=O)Oc1ccc(C(CNC(CO)c2ccc(O)c(NS(C)(=O)=O)c2)c2ccc(OC(=O)OC(C)C)cc2)cc1.Cl. The molecule has 1 unspecified atom stereocenters. The lowest BCUT2D eigenvalue weighted by atomic mass is 9.90. The lowest BCUT2D eigenvalue weighted by Crippen LogP contribution is -2.29. The molecule has 0 aliphatic carbocycles. The van der Waals surface area contributed by atoms with Gasteiger partial charge in [-0.2, -0.15) is 0 Å². The van der Waals surface area contributed by atoms with Crippen LogP contribution in [0, 0.1) is 0 Å². The number of phenols is 1. The summed E-state index contributed by atoms with van der Waals surface area (Å²) in [6.07, 6.45) is -1.33. The molecular weight excluding hydrogens is 628 g/mol. The Morgan fingerprint density at radius 1 is 0.778 bits per heavy atom. The molecule has 0 saturated heterocycles. The van der Waals surface area contributed by atoms with E-state index in [2.05, 4.69) is 10.0 Å². The zero-order valence-electron chi connectivity index (χ0n) is 25.6. The van der Waals surface area contributed by atoms with Gasteiger partial charge in [0.05, 0.1) is 36.8 Å². The van der Waals surface area contributed by atoms with Gasteiger partial charge in [0.1, 0.15) is 17.2 Å². The van der Waals surface area contributed by atoms with Gasteiger partial charge < -0.3 is 34.5 Å². The molecule has 0 saturated carbocycles. The molecule has 14 heteroatoms. The molecule has 0 bridgehead atoms. The molecule has 0 radical (unpaired) electrons. The number of ether oxygens (including phenoxy) is 4. The summed E-state index contributed by atoms with van der Waals surface area (Å²) in [6, 6.07) is 17.4.